The average Bonchev–Trinajstić information content (AvgIpc) is 3.11. The third-order valence-corrected chi connectivity index (χ3v) is 10.8. The van der Waals surface area contributed by atoms with Crippen molar-refractivity contribution in [2.24, 2.45) is 21.6 Å². The number of rotatable bonds is 15. The van der Waals surface area contributed by atoms with Gasteiger partial charge in [0.05, 0.1) is 21.3 Å². The average molecular weight is 824 g/mol. The maximum Gasteiger partial charge on any atom is 0.352 e. The number of hydrogen-bond donors (Lipinski definition) is 8. The van der Waals surface area contributed by atoms with E-state index in [1.54, 1.807) is 6.08 Å². The second kappa shape index (κ2) is 17.2. The van der Waals surface area contributed by atoms with Crippen molar-refractivity contribution in [3.05, 3.63) is 72.4 Å². The molecular formula is C32H38ClN9O11S2. The van der Waals surface area contributed by atoms with Gasteiger partial charge in [-0.05, 0) is 32.8 Å². The number of pyridine rings is 1. The summed E-state index contributed by atoms with van der Waals surface area (Å²) in [6, 6.07) is -0.514. The van der Waals surface area contributed by atoms with E-state index in [2.05, 4.69) is 20.8 Å². The summed E-state index contributed by atoms with van der Waals surface area (Å²) in [7, 11) is 0. The molecule has 1 saturated heterocycles. The van der Waals surface area contributed by atoms with E-state index in [4.69, 9.17) is 27.9 Å². The van der Waals surface area contributed by atoms with Gasteiger partial charge >= 0.3 is 11.9 Å². The first-order valence-corrected chi connectivity index (χ1v) is 18.4. The Balaban J connectivity index is 1.55. The second-order valence-electron chi connectivity index (χ2n) is 12.5. The lowest BCUT2D eigenvalue weighted by Crippen LogP contribution is -2.71. The number of amidine groups is 1. The maximum atomic E-state index is 13.6. The first-order valence-electron chi connectivity index (χ1n) is 16.2. The van der Waals surface area contributed by atoms with Crippen LogP contribution in [-0.2, 0) is 24.0 Å². The summed E-state index contributed by atoms with van der Waals surface area (Å²) in [5.74, 6) is -6.30. The van der Waals surface area contributed by atoms with Crippen molar-refractivity contribution >= 4 is 76.3 Å². The molecule has 2 atom stereocenters. The van der Waals surface area contributed by atoms with E-state index in [0.717, 1.165) is 34.8 Å². The van der Waals surface area contributed by atoms with Gasteiger partial charge in [0.2, 0.25) is 11.0 Å². The smallest absolute Gasteiger partial charge is 0.352 e. The van der Waals surface area contributed by atoms with Crippen LogP contribution < -0.4 is 27.5 Å². The van der Waals surface area contributed by atoms with Crippen LogP contribution in [0.1, 0.15) is 51.0 Å². The first-order chi connectivity index (χ1) is 25.8. The topological polar surface area (TPSA) is 305 Å². The lowest BCUT2D eigenvalue weighted by molar-refractivity contribution is -0.161. The molecule has 4 heterocycles. The van der Waals surface area contributed by atoms with E-state index < -0.39 is 69.3 Å². The summed E-state index contributed by atoms with van der Waals surface area (Å²) in [5.41, 5.74) is 8.21. The van der Waals surface area contributed by atoms with Gasteiger partial charge in [-0.1, -0.05) is 47.9 Å². The fourth-order valence-corrected chi connectivity index (χ4v) is 7.29. The Labute approximate surface area is 326 Å². The van der Waals surface area contributed by atoms with E-state index in [1.807, 2.05) is 6.92 Å². The quantitative estimate of drug-likeness (QED) is 0.0524. The predicted molar refractivity (Wildman–Crippen MR) is 202 cm³/mol. The molecule has 4 rings (SSSR count). The van der Waals surface area contributed by atoms with Gasteiger partial charge < -0.3 is 52.4 Å². The van der Waals surface area contributed by atoms with Crippen molar-refractivity contribution in [2.75, 3.05) is 19.0 Å². The van der Waals surface area contributed by atoms with Crippen molar-refractivity contribution in [3.8, 4) is 5.75 Å². The van der Waals surface area contributed by atoms with Crippen LogP contribution in [-0.4, -0.2) is 112 Å². The third-order valence-electron chi connectivity index (χ3n) is 8.02. The maximum absolute atomic E-state index is 13.6. The molecule has 55 heavy (non-hydrogen) atoms. The van der Waals surface area contributed by atoms with E-state index in [1.165, 1.54) is 31.9 Å². The van der Waals surface area contributed by atoms with Gasteiger partial charge in [0.1, 0.15) is 35.3 Å². The molecule has 0 aliphatic carbocycles. The highest BCUT2D eigenvalue weighted by Crippen LogP contribution is 2.41. The molecular weight excluding hydrogens is 786 g/mol. The number of hydrogen-bond acceptors (Lipinski definition) is 16. The lowest BCUT2D eigenvalue weighted by Gasteiger charge is -2.49. The van der Waals surface area contributed by atoms with Crippen LogP contribution in [0.15, 0.2) is 71.4 Å². The highest BCUT2D eigenvalue weighted by atomic mass is 35.5. The summed E-state index contributed by atoms with van der Waals surface area (Å²) in [6.07, 6.45) is 5.23. The summed E-state index contributed by atoms with van der Waals surface area (Å²) < 4.78 is 0.274. The van der Waals surface area contributed by atoms with Crippen LogP contribution in [0, 0.1) is 0 Å². The number of carbonyl (C=O) groups is 5. The summed E-state index contributed by atoms with van der Waals surface area (Å²) in [6.45, 7) is 5.65. The number of carboxylic acid groups (broad SMARTS) is 2. The van der Waals surface area contributed by atoms with Crippen molar-refractivity contribution in [1.82, 2.24) is 25.2 Å². The number of allylic oxidation sites excluding steroid dienone is 1. The zero-order chi connectivity index (χ0) is 40.9. The number of aliphatic carboxylic acids is 2. The fourth-order valence-electron chi connectivity index (χ4n) is 4.94. The SMILES string of the molecule is CCC/C=C(\N)S/C(Cl)=C(C)/C(=N/OC(C)(C)C(=O)O)C(=O)N[C@@H]1C(=O)N2C(C(=O)O)=C(CN3C=C(NC(=O)c4cc(=O)c(O)cn4O)C(N)=NC3)CSC12. The first kappa shape index (κ1) is 42.1. The zero-order valence-electron chi connectivity index (χ0n) is 29.7. The van der Waals surface area contributed by atoms with Gasteiger partial charge in [0.15, 0.2) is 11.5 Å². The molecule has 1 unspecified atom stereocenters. The molecule has 1 fully saturated rings. The molecule has 0 spiro atoms. The number of amides is 3. The standard InChI is InChI=1S/C32H38ClN9O11S2/c1-5-6-7-20(34)55-24(33)14(2)21(39-53-32(3,4)31(50)51)27(46)38-22-28(47)42-23(30(48)49)15(12-54-29(22)42)9-40-10-16(25(35)36-13-40)37-26(45)17-8-18(43)19(44)11-41(17)52/h7-8,10-11,22,29,44,52H,5-6,9,12-13,34H2,1-4H3,(H2,35,36)(H,37,45)(H,38,46)(H,48,49)(H,50,51)/b20-7+,24-14+,39-21-/t22-,29?/m1/s1. The minimum absolute atomic E-state index is 0.0272. The number of halogens is 1. The summed E-state index contributed by atoms with van der Waals surface area (Å²) >= 11 is 8.58. The summed E-state index contributed by atoms with van der Waals surface area (Å²) in [4.78, 5) is 87.8. The Kier molecular flexibility index (Phi) is 13.2. The molecule has 20 nitrogen and oxygen atoms in total. The Morgan fingerprint density at radius 2 is 1.95 bits per heavy atom. The molecule has 10 N–H and O–H groups in total. The Hall–Kier alpha value is -5.61. The molecule has 3 aliphatic heterocycles. The largest absolute Gasteiger partial charge is 0.503 e. The molecule has 1 aromatic rings. The van der Waals surface area contributed by atoms with E-state index in [9.17, 15) is 49.3 Å². The monoisotopic (exact) mass is 823 g/mol. The number of carbonyl (C=O) groups excluding carboxylic acids is 3. The second-order valence-corrected chi connectivity index (χ2v) is 15.3. The number of unbranched alkanes of at least 4 members (excludes halogenated alkanes) is 1. The predicted octanol–water partition coefficient (Wildman–Crippen LogP) is 0.771. The minimum Gasteiger partial charge on any atom is -0.503 e. The molecule has 0 aromatic carbocycles. The van der Waals surface area contributed by atoms with E-state index >= 15 is 0 Å². The minimum atomic E-state index is -1.85. The van der Waals surface area contributed by atoms with Crippen molar-refractivity contribution in [3.63, 3.8) is 0 Å². The van der Waals surface area contributed by atoms with Gasteiger partial charge in [-0.15, -0.1) is 11.8 Å². The molecule has 23 heteroatoms. The van der Waals surface area contributed by atoms with Crippen LogP contribution in [0.25, 0.3) is 0 Å². The third kappa shape index (κ3) is 9.56. The van der Waals surface area contributed by atoms with Gasteiger partial charge in [0, 0.05) is 30.1 Å². The number of aliphatic imine (C=N–C) groups is 1. The number of aromatic hydroxyl groups is 1. The van der Waals surface area contributed by atoms with Crippen LogP contribution >= 0.6 is 35.1 Å². The Morgan fingerprint density at radius 1 is 1.25 bits per heavy atom. The molecule has 296 valence electrons. The number of fused-ring (bicyclic) bond motifs is 1. The Bertz CT molecular complexity index is 2060. The lowest BCUT2D eigenvalue weighted by atomic mass is 10.0. The van der Waals surface area contributed by atoms with Crippen LogP contribution in [0.3, 0.4) is 0 Å². The van der Waals surface area contributed by atoms with Crippen molar-refractivity contribution in [1.29, 1.82) is 0 Å². The normalized spacial score (nSPS) is 19.4. The number of carboxylic acids is 2. The van der Waals surface area contributed by atoms with E-state index in [0.29, 0.717) is 23.7 Å². The molecule has 3 amide bonds. The fraction of sp³-hybridized carbons (Fsp3) is 0.375. The van der Waals surface area contributed by atoms with Crippen LogP contribution in [0.5, 0.6) is 5.75 Å². The van der Waals surface area contributed by atoms with Gasteiger partial charge in [0.25, 0.3) is 17.7 Å². The van der Waals surface area contributed by atoms with Crippen molar-refractivity contribution < 1.29 is 49.3 Å². The van der Waals surface area contributed by atoms with Gasteiger partial charge in [-0.25, -0.2) is 14.6 Å². The number of thioether (sulfide) groups is 2. The van der Waals surface area contributed by atoms with Crippen LogP contribution in [0.4, 0.5) is 0 Å². The highest BCUT2D eigenvalue weighted by molar-refractivity contribution is 8.08. The number of nitrogens with zero attached hydrogens (tertiary/aromatic N) is 5. The molecule has 1 aromatic heterocycles. The molecule has 0 saturated carbocycles. The number of β-lactam (4-membered cyclic amide) rings is 1. The molecule has 0 radical (unpaired) electrons. The van der Waals surface area contributed by atoms with Gasteiger partial charge in [-0.3, -0.25) is 24.1 Å². The number of oxime groups is 1. The highest BCUT2D eigenvalue weighted by Gasteiger charge is 2.54. The van der Waals surface area contributed by atoms with E-state index in [-0.39, 0.29) is 56.4 Å². The zero-order valence-corrected chi connectivity index (χ0v) is 32.1. The van der Waals surface area contributed by atoms with Gasteiger partial charge in [-0.2, -0.15) is 4.73 Å². The number of nitrogens with one attached hydrogen (secondary N) is 2. The van der Waals surface area contributed by atoms with Crippen molar-refractivity contribution in [2.45, 2.75) is 57.6 Å². The number of aromatic nitrogens is 1. The molecule has 3 aliphatic rings. The summed E-state index contributed by atoms with van der Waals surface area (Å²) in [5, 5.41) is 47.4. The van der Waals surface area contributed by atoms with Crippen LogP contribution in [0.2, 0.25) is 0 Å². The Morgan fingerprint density at radius 3 is 2.58 bits per heavy atom. The molecule has 0 bridgehead atoms. The number of nitrogens with two attached hydrogens (primary N) is 2.